The van der Waals surface area contributed by atoms with Crippen molar-refractivity contribution in [3.8, 4) is 0 Å². The summed E-state index contributed by atoms with van der Waals surface area (Å²) < 4.78 is 13.0. The summed E-state index contributed by atoms with van der Waals surface area (Å²) in [5.74, 6) is 1.39. The Bertz CT molecular complexity index is 301. The van der Waals surface area contributed by atoms with Crippen LogP contribution in [0.3, 0.4) is 0 Å². The second-order valence-corrected chi connectivity index (χ2v) is 8.68. The topological polar surface area (TPSA) is 29.1 Å². The molecule has 0 heterocycles. The fraction of sp³-hybridized carbons (Fsp3) is 1.00. The van der Waals surface area contributed by atoms with Crippen molar-refractivity contribution in [1.29, 1.82) is 0 Å². The SMILES string of the molecule is CCCNC1CC(C)CC(C)C1S(=O)C1CCCC1. The Morgan fingerprint density at radius 1 is 1.16 bits per heavy atom. The van der Waals surface area contributed by atoms with Crippen molar-refractivity contribution in [2.75, 3.05) is 6.54 Å². The molecule has 0 saturated heterocycles. The van der Waals surface area contributed by atoms with E-state index in [1.165, 1.54) is 44.9 Å². The van der Waals surface area contributed by atoms with E-state index in [9.17, 15) is 4.21 Å². The molecule has 2 saturated carbocycles. The molecule has 2 nitrogen and oxygen atoms in total. The van der Waals surface area contributed by atoms with Crippen LogP contribution in [0.4, 0.5) is 0 Å². The van der Waals surface area contributed by atoms with Crippen LogP contribution in [-0.4, -0.2) is 27.3 Å². The molecule has 3 heteroatoms. The van der Waals surface area contributed by atoms with Crippen molar-refractivity contribution >= 4 is 10.8 Å². The molecule has 2 aliphatic rings. The highest BCUT2D eigenvalue weighted by Crippen LogP contribution is 2.36. The lowest BCUT2D eigenvalue weighted by Gasteiger charge is -2.40. The second-order valence-electron chi connectivity index (χ2n) is 6.81. The van der Waals surface area contributed by atoms with Gasteiger partial charge < -0.3 is 5.32 Å². The summed E-state index contributed by atoms with van der Waals surface area (Å²) in [6, 6.07) is 0.486. The molecular formula is C16H31NOS. The number of nitrogens with one attached hydrogen (secondary N) is 1. The van der Waals surface area contributed by atoms with Crippen molar-refractivity contribution in [3.05, 3.63) is 0 Å². The maximum atomic E-state index is 13.0. The zero-order valence-electron chi connectivity index (χ0n) is 12.9. The first-order valence-electron chi connectivity index (χ1n) is 8.26. The molecule has 0 aromatic rings. The van der Waals surface area contributed by atoms with Gasteiger partial charge in [-0.15, -0.1) is 0 Å². The molecule has 1 N–H and O–H groups in total. The van der Waals surface area contributed by atoms with Gasteiger partial charge in [0.15, 0.2) is 0 Å². The Hall–Kier alpha value is 0.110. The fourth-order valence-corrected chi connectivity index (χ4v) is 6.43. The molecule has 2 fully saturated rings. The third-order valence-corrected chi connectivity index (χ3v) is 7.40. The molecule has 0 aromatic heterocycles. The minimum atomic E-state index is -0.623. The van der Waals surface area contributed by atoms with Gasteiger partial charge in [-0.2, -0.15) is 0 Å². The molecule has 2 aliphatic carbocycles. The smallest absolute Gasteiger partial charge is 0.0529 e. The van der Waals surface area contributed by atoms with Crippen molar-refractivity contribution in [2.45, 2.75) is 82.3 Å². The lowest BCUT2D eigenvalue weighted by Crippen LogP contribution is -2.51. The molecule has 0 radical (unpaired) electrons. The summed E-state index contributed by atoms with van der Waals surface area (Å²) in [6.07, 6.45) is 8.63. The van der Waals surface area contributed by atoms with Gasteiger partial charge in [-0.25, -0.2) is 0 Å². The Morgan fingerprint density at radius 3 is 2.47 bits per heavy atom. The van der Waals surface area contributed by atoms with Gasteiger partial charge in [-0.1, -0.05) is 33.6 Å². The Labute approximate surface area is 121 Å². The van der Waals surface area contributed by atoms with E-state index in [0.29, 0.717) is 22.5 Å². The lowest BCUT2D eigenvalue weighted by molar-refractivity contribution is 0.245. The van der Waals surface area contributed by atoms with E-state index in [0.717, 1.165) is 12.5 Å². The van der Waals surface area contributed by atoms with Gasteiger partial charge in [-0.3, -0.25) is 4.21 Å². The molecule has 5 unspecified atom stereocenters. The van der Waals surface area contributed by atoms with Gasteiger partial charge in [0, 0.05) is 22.1 Å². The Morgan fingerprint density at radius 2 is 1.84 bits per heavy atom. The van der Waals surface area contributed by atoms with Crippen LogP contribution in [0.15, 0.2) is 0 Å². The largest absolute Gasteiger partial charge is 0.313 e. The van der Waals surface area contributed by atoms with Gasteiger partial charge >= 0.3 is 0 Å². The van der Waals surface area contributed by atoms with Gasteiger partial charge in [0.1, 0.15) is 0 Å². The molecule has 112 valence electrons. The highest BCUT2D eigenvalue weighted by molar-refractivity contribution is 7.86. The second kappa shape index (κ2) is 7.21. The molecule has 0 aliphatic heterocycles. The van der Waals surface area contributed by atoms with Crippen LogP contribution in [-0.2, 0) is 10.8 Å². The first kappa shape index (κ1) is 15.5. The van der Waals surface area contributed by atoms with E-state index >= 15 is 0 Å². The third-order valence-electron chi connectivity index (χ3n) is 4.94. The first-order chi connectivity index (χ1) is 9.13. The lowest BCUT2D eigenvalue weighted by atomic mass is 9.80. The van der Waals surface area contributed by atoms with E-state index in [1.54, 1.807) is 0 Å². The average molecular weight is 285 g/mol. The van der Waals surface area contributed by atoms with Crippen LogP contribution in [0, 0.1) is 11.8 Å². The highest BCUT2D eigenvalue weighted by atomic mass is 32.2. The molecular weight excluding hydrogens is 254 g/mol. The predicted molar refractivity (Wildman–Crippen MR) is 83.8 cm³/mol. The summed E-state index contributed by atoms with van der Waals surface area (Å²) in [5.41, 5.74) is 0. The number of hydrogen-bond acceptors (Lipinski definition) is 2. The Balaban J connectivity index is 2.05. The molecule has 19 heavy (non-hydrogen) atoms. The monoisotopic (exact) mass is 285 g/mol. The minimum Gasteiger partial charge on any atom is -0.313 e. The van der Waals surface area contributed by atoms with Crippen LogP contribution in [0.5, 0.6) is 0 Å². The summed E-state index contributed by atoms with van der Waals surface area (Å²) in [7, 11) is -0.623. The van der Waals surface area contributed by atoms with E-state index < -0.39 is 10.8 Å². The number of hydrogen-bond donors (Lipinski definition) is 1. The van der Waals surface area contributed by atoms with Crippen LogP contribution in [0.25, 0.3) is 0 Å². The molecule has 0 spiro atoms. The van der Waals surface area contributed by atoms with Crippen LogP contribution >= 0.6 is 0 Å². The molecule has 2 rings (SSSR count). The van der Waals surface area contributed by atoms with E-state index in [1.807, 2.05) is 0 Å². The minimum absolute atomic E-state index is 0.394. The van der Waals surface area contributed by atoms with Crippen LogP contribution in [0.1, 0.15) is 65.7 Å². The van der Waals surface area contributed by atoms with Gasteiger partial charge in [-0.05, 0) is 50.5 Å². The quantitative estimate of drug-likeness (QED) is 0.838. The summed E-state index contributed by atoms with van der Waals surface area (Å²) >= 11 is 0. The van der Waals surface area contributed by atoms with Gasteiger partial charge in [0.2, 0.25) is 0 Å². The first-order valence-corrected chi connectivity index (χ1v) is 9.53. The average Bonchev–Trinajstić information content (AvgIpc) is 2.88. The van der Waals surface area contributed by atoms with Crippen LogP contribution in [0.2, 0.25) is 0 Å². The normalized spacial score (nSPS) is 38.5. The summed E-state index contributed by atoms with van der Waals surface area (Å²) in [4.78, 5) is 0. The highest BCUT2D eigenvalue weighted by Gasteiger charge is 2.40. The summed E-state index contributed by atoms with van der Waals surface area (Å²) in [6.45, 7) is 7.97. The summed E-state index contributed by atoms with van der Waals surface area (Å²) in [5, 5.41) is 4.58. The third kappa shape index (κ3) is 3.81. The van der Waals surface area contributed by atoms with E-state index in [-0.39, 0.29) is 0 Å². The maximum Gasteiger partial charge on any atom is 0.0529 e. The van der Waals surface area contributed by atoms with E-state index in [4.69, 9.17) is 0 Å². The molecule has 0 aromatic carbocycles. The zero-order valence-corrected chi connectivity index (χ0v) is 13.7. The standard InChI is InChI=1S/C16H31NOS/c1-4-9-17-15-11-12(2)10-13(3)16(15)19(18)14-7-5-6-8-14/h12-17H,4-11H2,1-3H3. The zero-order chi connectivity index (χ0) is 13.8. The van der Waals surface area contributed by atoms with Crippen molar-refractivity contribution in [1.82, 2.24) is 5.32 Å². The fourth-order valence-electron chi connectivity index (χ4n) is 4.09. The van der Waals surface area contributed by atoms with E-state index in [2.05, 4.69) is 26.1 Å². The van der Waals surface area contributed by atoms with Gasteiger partial charge in [0.05, 0.1) is 5.25 Å². The molecule has 0 bridgehead atoms. The molecule has 0 amide bonds. The predicted octanol–water partition coefficient (Wildman–Crippen LogP) is 3.48. The van der Waals surface area contributed by atoms with Gasteiger partial charge in [0.25, 0.3) is 0 Å². The maximum absolute atomic E-state index is 13.0. The molecule has 5 atom stereocenters. The van der Waals surface area contributed by atoms with Crippen LogP contribution < -0.4 is 5.32 Å². The van der Waals surface area contributed by atoms with Crippen molar-refractivity contribution in [3.63, 3.8) is 0 Å². The van der Waals surface area contributed by atoms with Crippen molar-refractivity contribution < 1.29 is 4.21 Å². The number of rotatable bonds is 5. The Kier molecular flexibility index (Phi) is 5.88. The van der Waals surface area contributed by atoms with Crippen molar-refractivity contribution in [2.24, 2.45) is 11.8 Å².